The first-order valence-electron chi connectivity index (χ1n) is 8.79. The van der Waals surface area contributed by atoms with Crippen LogP contribution in [0.1, 0.15) is 36.2 Å². The van der Waals surface area contributed by atoms with Crippen LogP contribution in [0, 0.1) is 5.92 Å². The number of carbonyl (C=O) groups excluding carboxylic acids is 1. The summed E-state index contributed by atoms with van der Waals surface area (Å²) in [5, 5.41) is 3.02. The standard InChI is InChI=1S/C16H26N4O3S2.ClH/c17-10-12-3-1-2-4-14(12)19-16(21)15-9-13(11-18-15)25(22,23)20-5-7-24-8-6-20;/h9,11-12,14,18H,1-8,10,17H2,(H,19,21);1H. The third-order valence-electron chi connectivity index (χ3n) is 5.04. The van der Waals surface area contributed by atoms with Gasteiger partial charge in [-0.3, -0.25) is 4.79 Å². The van der Waals surface area contributed by atoms with Gasteiger partial charge in [-0.1, -0.05) is 12.8 Å². The predicted molar refractivity (Wildman–Crippen MR) is 106 cm³/mol. The molecule has 3 rings (SSSR count). The largest absolute Gasteiger partial charge is 0.356 e. The molecule has 1 saturated heterocycles. The second kappa shape index (κ2) is 9.45. The van der Waals surface area contributed by atoms with E-state index in [-0.39, 0.29) is 34.9 Å². The summed E-state index contributed by atoms with van der Waals surface area (Å²) < 4.78 is 26.8. The van der Waals surface area contributed by atoms with Gasteiger partial charge < -0.3 is 16.0 Å². The zero-order chi connectivity index (χ0) is 17.9. The van der Waals surface area contributed by atoms with E-state index in [0.717, 1.165) is 37.2 Å². The maximum atomic E-state index is 12.7. The van der Waals surface area contributed by atoms with Crippen molar-refractivity contribution in [3.05, 3.63) is 18.0 Å². The number of nitrogens with two attached hydrogens (primary N) is 1. The number of aromatic amines is 1. The first-order chi connectivity index (χ1) is 12.0. The molecule has 2 unspecified atom stereocenters. The molecule has 2 atom stereocenters. The van der Waals surface area contributed by atoms with E-state index in [1.54, 1.807) is 11.8 Å². The van der Waals surface area contributed by atoms with Crippen molar-refractivity contribution in [3.8, 4) is 0 Å². The minimum Gasteiger partial charge on any atom is -0.356 e. The molecule has 7 nitrogen and oxygen atoms in total. The molecule has 2 heterocycles. The van der Waals surface area contributed by atoms with Crippen LogP contribution in [0.4, 0.5) is 0 Å². The SMILES string of the molecule is Cl.NCC1CCCCC1NC(=O)c1cc(S(=O)(=O)N2CCSCC2)c[nH]1. The Morgan fingerprint density at radius 3 is 2.69 bits per heavy atom. The number of thioether (sulfide) groups is 1. The summed E-state index contributed by atoms with van der Waals surface area (Å²) in [7, 11) is -3.53. The van der Waals surface area contributed by atoms with Gasteiger partial charge in [0.25, 0.3) is 5.91 Å². The van der Waals surface area contributed by atoms with E-state index >= 15 is 0 Å². The Balaban J connectivity index is 0.00000243. The molecular weight excluding hydrogens is 396 g/mol. The number of amides is 1. The number of carbonyl (C=O) groups is 1. The van der Waals surface area contributed by atoms with Crippen LogP contribution in [0.25, 0.3) is 0 Å². The van der Waals surface area contributed by atoms with Gasteiger partial charge in [0, 0.05) is 36.8 Å². The second-order valence-corrected chi connectivity index (χ2v) is 9.79. The lowest BCUT2D eigenvalue weighted by atomic mass is 9.84. The molecule has 10 heteroatoms. The molecule has 1 saturated carbocycles. The Morgan fingerprint density at radius 2 is 2.00 bits per heavy atom. The lowest BCUT2D eigenvalue weighted by Crippen LogP contribution is -2.44. The van der Waals surface area contributed by atoms with Gasteiger partial charge in [-0.15, -0.1) is 12.4 Å². The molecule has 148 valence electrons. The van der Waals surface area contributed by atoms with Crippen LogP contribution in [0.5, 0.6) is 0 Å². The van der Waals surface area contributed by atoms with Gasteiger partial charge in [0.15, 0.2) is 0 Å². The average molecular weight is 423 g/mol. The molecule has 1 aliphatic heterocycles. The molecule has 0 bridgehead atoms. The van der Waals surface area contributed by atoms with E-state index in [1.807, 2.05) is 0 Å². The summed E-state index contributed by atoms with van der Waals surface area (Å²) in [4.78, 5) is 15.5. The van der Waals surface area contributed by atoms with Gasteiger partial charge in [0.05, 0.1) is 0 Å². The van der Waals surface area contributed by atoms with Gasteiger partial charge in [0.2, 0.25) is 10.0 Å². The number of rotatable bonds is 5. The third kappa shape index (κ3) is 4.75. The lowest BCUT2D eigenvalue weighted by Gasteiger charge is -2.31. The van der Waals surface area contributed by atoms with Crippen molar-refractivity contribution in [2.45, 2.75) is 36.6 Å². The maximum absolute atomic E-state index is 12.7. The molecule has 1 aliphatic carbocycles. The summed E-state index contributed by atoms with van der Waals surface area (Å²) in [6.07, 6.45) is 5.59. The van der Waals surface area contributed by atoms with Crippen molar-refractivity contribution in [2.24, 2.45) is 11.7 Å². The highest BCUT2D eigenvalue weighted by Crippen LogP contribution is 2.24. The number of hydrogen-bond donors (Lipinski definition) is 3. The first-order valence-corrected chi connectivity index (χ1v) is 11.4. The van der Waals surface area contributed by atoms with E-state index < -0.39 is 10.0 Å². The quantitative estimate of drug-likeness (QED) is 0.665. The highest BCUT2D eigenvalue weighted by atomic mass is 35.5. The molecule has 1 aromatic rings. The molecule has 26 heavy (non-hydrogen) atoms. The normalized spacial score (nSPS) is 24.7. The van der Waals surface area contributed by atoms with E-state index in [2.05, 4.69) is 10.3 Å². The Kier molecular flexibility index (Phi) is 7.84. The van der Waals surface area contributed by atoms with Gasteiger partial charge in [-0.25, -0.2) is 8.42 Å². The average Bonchev–Trinajstić information content (AvgIpc) is 3.14. The Morgan fingerprint density at radius 1 is 1.31 bits per heavy atom. The summed E-state index contributed by atoms with van der Waals surface area (Å²) in [5.41, 5.74) is 6.09. The van der Waals surface area contributed by atoms with Crippen LogP contribution < -0.4 is 11.1 Å². The molecule has 0 aromatic carbocycles. The minimum atomic E-state index is -3.53. The van der Waals surface area contributed by atoms with Crippen molar-refractivity contribution in [1.82, 2.24) is 14.6 Å². The molecule has 1 aromatic heterocycles. The summed E-state index contributed by atoms with van der Waals surface area (Å²) in [6, 6.07) is 1.50. The zero-order valence-corrected chi connectivity index (χ0v) is 17.1. The van der Waals surface area contributed by atoms with Crippen LogP contribution in [-0.2, 0) is 10.0 Å². The Hall–Kier alpha value is -0.740. The smallest absolute Gasteiger partial charge is 0.267 e. The molecule has 2 fully saturated rings. The number of H-pyrrole nitrogens is 1. The number of nitrogens with zero attached hydrogens (tertiary/aromatic N) is 1. The summed E-state index contributed by atoms with van der Waals surface area (Å²) in [5.74, 6) is 1.64. The van der Waals surface area contributed by atoms with Crippen molar-refractivity contribution in [2.75, 3.05) is 31.1 Å². The predicted octanol–water partition coefficient (Wildman–Crippen LogP) is 1.42. The number of sulfonamides is 1. The number of hydrogen-bond acceptors (Lipinski definition) is 5. The van der Waals surface area contributed by atoms with Gasteiger partial charge in [-0.05, 0) is 31.4 Å². The molecule has 0 spiro atoms. The fourth-order valence-corrected chi connectivity index (χ4v) is 6.09. The highest BCUT2D eigenvalue weighted by molar-refractivity contribution is 7.99. The van der Waals surface area contributed by atoms with Gasteiger partial charge >= 0.3 is 0 Å². The number of halogens is 1. The Bertz CT molecular complexity index is 704. The van der Waals surface area contributed by atoms with Crippen molar-refractivity contribution < 1.29 is 13.2 Å². The molecule has 0 radical (unpaired) electrons. The monoisotopic (exact) mass is 422 g/mol. The number of aromatic nitrogens is 1. The van der Waals surface area contributed by atoms with Crippen molar-refractivity contribution >= 4 is 40.1 Å². The molecule has 4 N–H and O–H groups in total. The van der Waals surface area contributed by atoms with Crippen LogP contribution in [0.3, 0.4) is 0 Å². The van der Waals surface area contributed by atoms with Crippen LogP contribution >= 0.6 is 24.2 Å². The molecular formula is C16H27ClN4O3S2. The van der Waals surface area contributed by atoms with Crippen LogP contribution in [-0.4, -0.2) is 60.8 Å². The highest BCUT2D eigenvalue weighted by Gasteiger charge is 2.29. The zero-order valence-electron chi connectivity index (χ0n) is 14.6. The third-order valence-corrected chi connectivity index (χ3v) is 7.86. The summed E-state index contributed by atoms with van der Waals surface area (Å²) >= 11 is 1.75. The first kappa shape index (κ1) is 21.6. The van der Waals surface area contributed by atoms with Crippen molar-refractivity contribution in [3.63, 3.8) is 0 Å². The van der Waals surface area contributed by atoms with E-state index in [9.17, 15) is 13.2 Å². The van der Waals surface area contributed by atoms with Gasteiger partial charge in [-0.2, -0.15) is 16.1 Å². The van der Waals surface area contributed by atoms with Crippen LogP contribution in [0.2, 0.25) is 0 Å². The summed E-state index contributed by atoms with van der Waals surface area (Å²) in [6.45, 7) is 1.59. The second-order valence-electron chi connectivity index (χ2n) is 6.63. The van der Waals surface area contributed by atoms with E-state index in [1.165, 1.54) is 16.6 Å². The Labute approximate surface area is 165 Å². The fraction of sp³-hybridized carbons (Fsp3) is 0.688. The molecule has 1 amide bonds. The number of nitrogens with one attached hydrogen (secondary N) is 2. The van der Waals surface area contributed by atoms with E-state index in [0.29, 0.717) is 25.6 Å². The molecule has 2 aliphatic rings. The van der Waals surface area contributed by atoms with Crippen LogP contribution in [0.15, 0.2) is 17.2 Å². The topological polar surface area (TPSA) is 108 Å². The fourth-order valence-electron chi connectivity index (χ4n) is 3.52. The maximum Gasteiger partial charge on any atom is 0.267 e. The van der Waals surface area contributed by atoms with E-state index in [4.69, 9.17) is 5.73 Å². The lowest BCUT2D eigenvalue weighted by molar-refractivity contribution is 0.0903. The van der Waals surface area contributed by atoms with Crippen molar-refractivity contribution in [1.29, 1.82) is 0 Å². The van der Waals surface area contributed by atoms with Gasteiger partial charge in [0.1, 0.15) is 10.6 Å². The minimum absolute atomic E-state index is 0.